The molecule has 1 aliphatic rings. The predicted molar refractivity (Wildman–Crippen MR) is 91.6 cm³/mol. The Bertz CT molecular complexity index is 402. The van der Waals surface area contributed by atoms with Gasteiger partial charge in [-0.3, -0.25) is 11.3 Å². The highest BCUT2D eigenvalue weighted by atomic mass is 32.2. The molecule has 1 aromatic carbocycles. The number of nitrogens with two attached hydrogens (primary N) is 1. The summed E-state index contributed by atoms with van der Waals surface area (Å²) in [5, 5.41) is 0.818. The summed E-state index contributed by atoms with van der Waals surface area (Å²) >= 11 is 2.07. The van der Waals surface area contributed by atoms with E-state index in [2.05, 4.69) is 29.3 Å². The first-order chi connectivity index (χ1) is 10.2. The fourth-order valence-corrected chi connectivity index (χ4v) is 4.18. The second-order valence-corrected chi connectivity index (χ2v) is 7.38. The van der Waals surface area contributed by atoms with Gasteiger partial charge in [-0.15, -0.1) is 0 Å². The summed E-state index contributed by atoms with van der Waals surface area (Å²) in [7, 11) is 0. The van der Waals surface area contributed by atoms with Gasteiger partial charge in [0.15, 0.2) is 0 Å². The van der Waals surface area contributed by atoms with Crippen LogP contribution in [0.3, 0.4) is 0 Å². The minimum absolute atomic E-state index is 0.209. The molecule has 0 aliphatic heterocycles. The molecule has 0 saturated heterocycles. The van der Waals surface area contributed by atoms with Gasteiger partial charge < -0.3 is 4.74 Å². The van der Waals surface area contributed by atoms with Gasteiger partial charge in [-0.1, -0.05) is 31.4 Å². The summed E-state index contributed by atoms with van der Waals surface area (Å²) in [5.74, 6) is 7.70. The van der Waals surface area contributed by atoms with Crippen LogP contribution < -0.4 is 16.0 Å². The van der Waals surface area contributed by atoms with Crippen molar-refractivity contribution in [3.05, 3.63) is 29.8 Å². The second kappa shape index (κ2) is 8.66. The van der Waals surface area contributed by atoms with E-state index in [4.69, 9.17) is 10.6 Å². The highest BCUT2D eigenvalue weighted by Crippen LogP contribution is 2.31. The van der Waals surface area contributed by atoms with Crippen LogP contribution in [0.2, 0.25) is 0 Å². The van der Waals surface area contributed by atoms with E-state index in [-0.39, 0.29) is 12.1 Å². The third-order valence-electron chi connectivity index (χ3n) is 3.91. The van der Waals surface area contributed by atoms with Crippen molar-refractivity contribution in [2.75, 3.05) is 5.75 Å². The molecule has 0 amide bonds. The lowest BCUT2D eigenvalue weighted by Gasteiger charge is -2.24. The molecule has 0 bridgehead atoms. The molecule has 3 nitrogen and oxygen atoms in total. The van der Waals surface area contributed by atoms with Crippen LogP contribution in [-0.2, 0) is 0 Å². The van der Waals surface area contributed by atoms with E-state index < -0.39 is 0 Å². The molecule has 1 atom stereocenters. The first-order valence-electron chi connectivity index (χ1n) is 8.03. The van der Waals surface area contributed by atoms with Gasteiger partial charge in [-0.25, -0.2) is 0 Å². The summed E-state index contributed by atoms with van der Waals surface area (Å²) in [6.07, 6.45) is 7.12. The SMILES string of the molecule is CC(C)Oc1ccc(C(CSC2CCCCC2)NN)cc1. The first-order valence-corrected chi connectivity index (χ1v) is 9.08. The molecule has 118 valence electrons. The molecule has 1 unspecified atom stereocenters. The van der Waals surface area contributed by atoms with Crippen LogP contribution in [0.5, 0.6) is 5.75 Å². The maximum absolute atomic E-state index is 5.74. The van der Waals surface area contributed by atoms with Crippen molar-refractivity contribution in [3.8, 4) is 5.75 Å². The van der Waals surface area contributed by atoms with E-state index in [1.165, 1.54) is 37.7 Å². The Morgan fingerprint density at radius 3 is 2.43 bits per heavy atom. The standard InChI is InChI=1S/C17H28N2OS/c1-13(2)20-15-10-8-14(9-11-15)17(19-18)12-21-16-6-4-3-5-7-16/h8-11,13,16-17,19H,3-7,12,18H2,1-2H3. The van der Waals surface area contributed by atoms with E-state index >= 15 is 0 Å². The van der Waals surface area contributed by atoms with Crippen LogP contribution >= 0.6 is 11.8 Å². The largest absolute Gasteiger partial charge is 0.491 e. The summed E-state index contributed by atoms with van der Waals surface area (Å²) in [6, 6.07) is 8.51. The highest BCUT2D eigenvalue weighted by molar-refractivity contribution is 7.99. The van der Waals surface area contributed by atoms with Gasteiger partial charge >= 0.3 is 0 Å². The Kier molecular flexibility index (Phi) is 6.87. The Morgan fingerprint density at radius 2 is 1.86 bits per heavy atom. The summed E-state index contributed by atoms with van der Waals surface area (Å²) in [5.41, 5.74) is 4.19. The van der Waals surface area contributed by atoms with Crippen LogP contribution in [0.25, 0.3) is 0 Å². The molecule has 0 heterocycles. The van der Waals surface area contributed by atoms with E-state index in [0.717, 1.165) is 16.8 Å². The first kappa shape index (κ1) is 16.7. The predicted octanol–water partition coefficient (Wildman–Crippen LogP) is 4.04. The zero-order chi connectivity index (χ0) is 15.1. The molecule has 0 spiro atoms. The molecular weight excluding hydrogens is 280 g/mol. The monoisotopic (exact) mass is 308 g/mol. The van der Waals surface area contributed by atoms with Crippen LogP contribution in [0.4, 0.5) is 0 Å². The second-order valence-electron chi connectivity index (χ2n) is 6.05. The quantitative estimate of drug-likeness (QED) is 0.589. The average Bonchev–Trinajstić information content (AvgIpc) is 2.50. The van der Waals surface area contributed by atoms with E-state index in [1.54, 1.807) is 0 Å². The topological polar surface area (TPSA) is 47.3 Å². The molecule has 2 rings (SSSR count). The van der Waals surface area contributed by atoms with Gasteiger partial charge in [-0.2, -0.15) is 11.8 Å². The molecule has 1 fully saturated rings. The number of benzene rings is 1. The van der Waals surface area contributed by atoms with Crippen LogP contribution in [0.15, 0.2) is 24.3 Å². The van der Waals surface area contributed by atoms with E-state index in [1.807, 2.05) is 26.0 Å². The zero-order valence-electron chi connectivity index (χ0n) is 13.2. The zero-order valence-corrected chi connectivity index (χ0v) is 14.0. The number of thioether (sulfide) groups is 1. The molecule has 1 saturated carbocycles. The van der Waals surface area contributed by atoms with Crippen LogP contribution in [-0.4, -0.2) is 17.1 Å². The molecule has 0 radical (unpaired) electrons. The third kappa shape index (κ3) is 5.53. The summed E-state index contributed by atoms with van der Waals surface area (Å²) in [4.78, 5) is 0. The number of hydrogen-bond acceptors (Lipinski definition) is 4. The maximum atomic E-state index is 5.74. The molecule has 1 aliphatic carbocycles. The van der Waals surface area contributed by atoms with Gasteiger partial charge in [0.1, 0.15) is 5.75 Å². The molecule has 1 aromatic rings. The molecule has 3 N–H and O–H groups in total. The lowest BCUT2D eigenvalue weighted by atomic mass is 10.0. The van der Waals surface area contributed by atoms with E-state index in [9.17, 15) is 0 Å². The minimum Gasteiger partial charge on any atom is -0.491 e. The van der Waals surface area contributed by atoms with Crippen molar-refractivity contribution < 1.29 is 4.74 Å². The Balaban J connectivity index is 1.87. The number of nitrogens with one attached hydrogen (secondary N) is 1. The van der Waals surface area contributed by atoms with Crippen molar-refractivity contribution in [2.45, 2.75) is 63.3 Å². The van der Waals surface area contributed by atoms with Gasteiger partial charge in [0.25, 0.3) is 0 Å². The number of ether oxygens (including phenoxy) is 1. The fraction of sp³-hybridized carbons (Fsp3) is 0.647. The third-order valence-corrected chi connectivity index (χ3v) is 5.37. The molecule has 21 heavy (non-hydrogen) atoms. The maximum Gasteiger partial charge on any atom is 0.119 e. The lowest BCUT2D eigenvalue weighted by Crippen LogP contribution is -2.30. The van der Waals surface area contributed by atoms with Crippen molar-refractivity contribution >= 4 is 11.8 Å². The van der Waals surface area contributed by atoms with Gasteiger partial charge in [0.05, 0.1) is 12.1 Å². The van der Waals surface area contributed by atoms with Crippen molar-refractivity contribution in [3.63, 3.8) is 0 Å². The van der Waals surface area contributed by atoms with Gasteiger partial charge in [0, 0.05) is 11.0 Å². The average molecular weight is 308 g/mol. The fourth-order valence-electron chi connectivity index (χ4n) is 2.76. The number of hydrogen-bond donors (Lipinski definition) is 2. The normalized spacial score (nSPS) is 17.9. The van der Waals surface area contributed by atoms with E-state index in [0.29, 0.717) is 0 Å². The lowest BCUT2D eigenvalue weighted by molar-refractivity contribution is 0.242. The minimum atomic E-state index is 0.209. The summed E-state index contributed by atoms with van der Waals surface area (Å²) < 4.78 is 5.68. The highest BCUT2D eigenvalue weighted by Gasteiger charge is 2.17. The molecule has 0 aromatic heterocycles. The molecule has 4 heteroatoms. The number of rotatable bonds is 7. The van der Waals surface area contributed by atoms with Crippen molar-refractivity contribution in [2.24, 2.45) is 5.84 Å². The van der Waals surface area contributed by atoms with Crippen LogP contribution in [0, 0.1) is 0 Å². The van der Waals surface area contributed by atoms with Crippen LogP contribution in [0.1, 0.15) is 57.6 Å². The Labute approximate surface area is 133 Å². The smallest absolute Gasteiger partial charge is 0.119 e. The Morgan fingerprint density at radius 1 is 1.19 bits per heavy atom. The number of hydrazine groups is 1. The van der Waals surface area contributed by atoms with Gasteiger partial charge in [0.2, 0.25) is 0 Å². The summed E-state index contributed by atoms with van der Waals surface area (Å²) in [6.45, 7) is 4.08. The Hall–Kier alpha value is -0.710. The van der Waals surface area contributed by atoms with Crippen molar-refractivity contribution in [1.82, 2.24) is 5.43 Å². The molecular formula is C17H28N2OS. The van der Waals surface area contributed by atoms with Crippen molar-refractivity contribution in [1.29, 1.82) is 0 Å². The van der Waals surface area contributed by atoms with Gasteiger partial charge in [-0.05, 0) is 44.4 Å².